The highest BCUT2D eigenvalue weighted by Gasteiger charge is 2.15. The maximum Gasteiger partial charge on any atom is 0.303 e. The number of benzene rings is 2. The molecular weight excluding hydrogens is 374 g/mol. The Hall–Kier alpha value is -3.39. The van der Waals surface area contributed by atoms with Crippen molar-refractivity contribution in [2.24, 2.45) is 5.73 Å². The lowest BCUT2D eigenvalue weighted by Gasteiger charge is -2.12. The van der Waals surface area contributed by atoms with Gasteiger partial charge in [0.1, 0.15) is 11.5 Å². The van der Waals surface area contributed by atoms with Crippen LogP contribution in [0.15, 0.2) is 54.6 Å². The number of nitrogens with one attached hydrogen (secondary N) is 2. The molecule has 0 saturated heterocycles. The molecule has 0 fully saturated rings. The maximum atomic E-state index is 12.1. The molecule has 29 heavy (non-hydrogen) atoms. The minimum Gasteiger partial charge on any atom is -0.481 e. The number of carboxylic acid groups (broad SMARTS) is 1. The zero-order valence-corrected chi connectivity index (χ0v) is 16.0. The molecular formula is C21H25N3O5. The molecule has 1 atom stereocenters. The van der Waals surface area contributed by atoms with E-state index < -0.39 is 17.9 Å². The summed E-state index contributed by atoms with van der Waals surface area (Å²) in [6.45, 7) is 0.239. The molecule has 0 radical (unpaired) electrons. The van der Waals surface area contributed by atoms with Gasteiger partial charge in [0.25, 0.3) is 0 Å². The summed E-state index contributed by atoms with van der Waals surface area (Å²) >= 11 is 0. The first-order chi connectivity index (χ1) is 13.9. The van der Waals surface area contributed by atoms with Crippen LogP contribution in [-0.2, 0) is 14.4 Å². The van der Waals surface area contributed by atoms with E-state index in [0.29, 0.717) is 17.9 Å². The largest absolute Gasteiger partial charge is 0.481 e. The van der Waals surface area contributed by atoms with Crippen LogP contribution in [0.2, 0.25) is 0 Å². The van der Waals surface area contributed by atoms with E-state index in [9.17, 15) is 14.4 Å². The molecule has 0 aromatic heterocycles. The number of carbonyl (C=O) groups excluding carboxylic acids is 2. The van der Waals surface area contributed by atoms with E-state index in [1.165, 1.54) is 0 Å². The van der Waals surface area contributed by atoms with Crippen molar-refractivity contribution in [1.82, 2.24) is 5.32 Å². The second-order valence-corrected chi connectivity index (χ2v) is 6.42. The Morgan fingerprint density at radius 3 is 2.28 bits per heavy atom. The summed E-state index contributed by atoms with van der Waals surface area (Å²) in [7, 11) is 0. The van der Waals surface area contributed by atoms with Crippen molar-refractivity contribution in [3.05, 3.63) is 54.6 Å². The number of amides is 2. The van der Waals surface area contributed by atoms with Gasteiger partial charge in [-0.05, 0) is 49.2 Å². The van der Waals surface area contributed by atoms with Gasteiger partial charge in [0, 0.05) is 25.1 Å². The van der Waals surface area contributed by atoms with Crippen LogP contribution in [0.5, 0.6) is 11.5 Å². The minimum atomic E-state index is -0.917. The molecule has 0 bridgehead atoms. The van der Waals surface area contributed by atoms with Crippen molar-refractivity contribution >= 4 is 23.5 Å². The number of para-hydroxylation sites is 1. The molecule has 0 aliphatic carbocycles. The van der Waals surface area contributed by atoms with Crippen LogP contribution in [0.25, 0.3) is 0 Å². The topological polar surface area (TPSA) is 131 Å². The highest BCUT2D eigenvalue weighted by molar-refractivity contribution is 5.91. The van der Waals surface area contributed by atoms with E-state index in [1.54, 1.807) is 24.3 Å². The number of rotatable bonds is 11. The first kappa shape index (κ1) is 21.9. The van der Waals surface area contributed by atoms with Gasteiger partial charge < -0.3 is 26.2 Å². The van der Waals surface area contributed by atoms with Crippen molar-refractivity contribution in [3.63, 3.8) is 0 Å². The molecule has 8 heteroatoms. The molecule has 0 heterocycles. The molecule has 0 unspecified atom stereocenters. The molecule has 154 valence electrons. The van der Waals surface area contributed by atoms with Crippen LogP contribution < -0.4 is 21.1 Å². The van der Waals surface area contributed by atoms with Crippen LogP contribution in [0.3, 0.4) is 0 Å². The summed E-state index contributed by atoms with van der Waals surface area (Å²) in [5.74, 6) is -0.198. The molecule has 0 aliphatic heterocycles. The van der Waals surface area contributed by atoms with E-state index in [4.69, 9.17) is 15.6 Å². The third-order valence-electron chi connectivity index (χ3n) is 4.00. The third kappa shape index (κ3) is 8.44. The normalized spacial score (nSPS) is 11.3. The molecule has 2 aromatic carbocycles. The smallest absolute Gasteiger partial charge is 0.303 e. The summed E-state index contributed by atoms with van der Waals surface area (Å²) in [6, 6.07) is 15.5. The number of anilines is 1. The number of nitrogens with two attached hydrogens (primary N) is 1. The molecule has 2 amide bonds. The Balaban J connectivity index is 1.70. The summed E-state index contributed by atoms with van der Waals surface area (Å²) in [5.41, 5.74) is 6.38. The van der Waals surface area contributed by atoms with Gasteiger partial charge in [-0.2, -0.15) is 0 Å². The van der Waals surface area contributed by atoms with E-state index >= 15 is 0 Å². The first-order valence-corrected chi connectivity index (χ1v) is 9.32. The lowest BCUT2D eigenvalue weighted by molar-refractivity contribution is -0.137. The third-order valence-corrected chi connectivity index (χ3v) is 4.00. The van der Waals surface area contributed by atoms with E-state index in [-0.39, 0.29) is 31.7 Å². The molecule has 5 N–H and O–H groups in total. The molecule has 0 saturated carbocycles. The average Bonchev–Trinajstić information content (AvgIpc) is 2.71. The van der Waals surface area contributed by atoms with Crippen molar-refractivity contribution in [1.29, 1.82) is 0 Å². The predicted molar refractivity (Wildman–Crippen MR) is 109 cm³/mol. The lowest BCUT2D eigenvalue weighted by atomic mass is 10.1. The fraction of sp³-hybridized carbons (Fsp3) is 0.286. The first-order valence-electron chi connectivity index (χ1n) is 9.32. The average molecular weight is 399 g/mol. The van der Waals surface area contributed by atoms with Crippen molar-refractivity contribution in [2.75, 3.05) is 11.9 Å². The zero-order chi connectivity index (χ0) is 21.1. The van der Waals surface area contributed by atoms with Crippen LogP contribution in [0.4, 0.5) is 5.69 Å². The summed E-state index contributed by atoms with van der Waals surface area (Å²) in [6.07, 6.45) is 0.586. The van der Waals surface area contributed by atoms with Crippen LogP contribution in [0, 0.1) is 0 Å². The Bertz CT molecular complexity index is 809. The maximum absolute atomic E-state index is 12.1. The highest BCUT2D eigenvalue weighted by Crippen LogP contribution is 2.22. The van der Waals surface area contributed by atoms with Gasteiger partial charge in [0.2, 0.25) is 11.8 Å². The fourth-order valence-corrected chi connectivity index (χ4v) is 2.45. The minimum absolute atomic E-state index is 0.0207. The molecule has 2 aromatic rings. The van der Waals surface area contributed by atoms with E-state index in [0.717, 1.165) is 5.75 Å². The molecule has 2 rings (SSSR count). The van der Waals surface area contributed by atoms with Crippen LogP contribution in [-0.4, -0.2) is 35.5 Å². The van der Waals surface area contributed by atoms with E-state index in [1.807, 2.05) is 30.3 Å². The summed E-state index contributed by atoms with van der Waals surface area (Å²) in [4.78, 5) is 34.3. The number of ether oxygens (including phenoxy) is 1. The second-order valence-electron chi connectivity index (χ2n) is 6.42. The number of carbonyl (C=O) groups is 3. The Labute approximate surface area is 169 Å². The van der Waals surface area contributed by atoms with Gasteiger partial charge in [0.05, 0.1) is 6.04 Å². The SMILES string of the molecule is N[C@@H](CCC(=O)Nc1ccc(Oc2ccccc2)cc1)C(=O)NCCCC(=O)O. The van der Waals surface area contributed by atoms with Crippen LogP contribution >= 0.6 is 0 Å². The predicted octanol–water partition coefficient (Wildman–Crippen LogP) is 2.51. The Kier molecular flexibility index (Phi) is 8.65. The highest BCUT2D eigenvalue weighted by atomic mass is 16.5. The van der Waals surface area contributed by atoms with Gasteiger partial charge in [0.15, 0.2) is 0 Å². The molecule has 8 nitrogen and oxygen atoms in total. The Morgan fingerprint density at radius 2 is 1.62 bits per heavy atom. The zero-order valence-electron chi connectivity index (χ0n) is 16.0. The lowest BCUT2D eigenvalue weighted by Crippen LogP contribution is -2.41. The number of carboxylic acids is 1. The summed E-state index contributed by atoms with van der Waals surface area (Å²) in [5, 5.41) is 13.9. The van der Waals surface area contributed by atoms with Gasteiger partial charge in [-0.3, -0.25) is 14.4 Å². The number of hydrogen-bond acceptors (Lipinski definition) is 5. The number of aliphatic carboxylic acids is 1. The summed E-state index contributed by atoms with van der Waals surface area (Å²) < 4.78 is 5.69. The fourth-order valence-electron chi connectivity index (χ4n) is 2.45. The number of hydrogen-bond donors (Lipinski definition) is 4. The van der Waals surface area contributed by atoms with E-state index in [2.05, 4.69) is 10.6 Å². The second kappa shape index (κ2) is 11.5. The van der Waals surface area contributed by atoms with Crippen LogP contribution in [0.1, 0.15) is 25.7 Å². The van der Waals surface area contributed by atoms with Gasteiger partial charge in [-0.25, -0.2) is 0 Å². The molecule has 0 spiro atoms. The van der Waals surface area contributed by atoms with Crippen molar-refractivity contribution < 1.29 is 24.2 Å². The van der Waals surface area contributed by atoms with Gasteiger partial charge >= 0.3 is 5.97 Å². The van der Waals surface area contributed by atoms with Crippen molar-refractivity contribution in [2.45, 2.75) is 31.7 Å². The molecule has 0 aliphatic rings. The Morgan fingerprint density at radius 1 is 0.966 bits per heavy atom. The monoisotopic (exact) mass is 399 g/mol. The van der Waals surface area contributed by atoms with Gasteiger partial charge in [-0.1, -0.05) is 18.2 Å². The van der Waals surface area contributed by atoms with Gasteiger partial charge in [-0.15, -0.1) is 0 Å². The quantitative estimate of drug-likeness (QED) is 0.430. The standard InChI is InChI=1S/C21H25N3O5/c22-18(21(28)23-14-4-7-20(26)27)12-13-19(25)24-15-8-10-17(11-9-15)29-16-5-2-1-3-6-16/h1-3,5-6,8-11,18H,4,7,12-14,22H2,(H,23,28)(H,24,25)(H,26,27)/t18-/m0/s1. The van der Waals surface area contributed by atoms with Crippen molar-refractivity contribution in [3.8, 4) is 11.5 Å².